The summed E-state index contributed by atoms with van der Waals surface area (Å²) in [5, 5.41) is 3.07. The van der Waals surface area contributed by atoms with Crippen LogP contribution in [0.25, 0.3) is 0 Å². The standard InChI is InChI=1S/C25H38N4O2/c1-2-20-8-3-5-11-22(20)26-24(30)18-27-14-16-28(17-15-27)19-25(31)29-13-7-10-21-9-4-6-12-23(21)29/h3,5,8,11,21,23H,2,4,6-7,9-10,12-19H2,1H3,(H,26,30)/t21-,23-/m1/s1. The summed E-state index contributed by atoms with van der Waals surface area (Å²) in [5.74, 6) is 1.10. The first-order chi connectivity index (χ1) is 15.1. The maximum Gasteiger partial charge on any atom is 0.238 e. The Morgan fingerprint density at radius 1 is 0.903 bits per heavy atom. The summed E-state index contributed by atoms with van der Waals surface area (Å²) in [6.07, 6.45) is 8.48. The molecule has 3 aliphatic rings. The molecular formula is C25H38N4O2. The van der Waals surface area contributed by atoms with Gasteiger partial charge in [0.15, 0.2) is 0 Å². The molecule has 0 radical (unpaired) electrons. The summed E-state index contributed by atoms with van der Waals surface area (Å²) >= 11 is 0. The van der Waals surface area contributed by atoms with E-state index in [2.05, 4.69) is 33.0 Å². The molecule has 1 aromatic rings. The van der Waals surface area contributed by atoms with Crippen LogP contribution in [0.15, 0.2) is 24.3 Å². The van der Waals surface area contributed by atoms with E-state index in [1.54, 1.807) is 0 Å². The van der Waals surface area contributed by atoms with E-state index in [0.717, 1.165) is 62.7 Å². The molecule has 31 heavy (non-hydrogen) atoms. The number of fused-ring (bicyclic) bond motifs is 1. The highest BCUT2D eigenvalue weighted by Gasteiger charge is 2.36. The minimum atomic E-state index is 0.0436. The fourth-order valence-electron chi connectivity index (χ4n) is 5.67. The quantitative estimate of drug-likeness (QED) is 0.760. The number of amides is 2. The normalized spacial score (nSPS) is 25.1. The highest BCUT2D eigenvalue weighted by Crippen LogP contribution is 2.35. The van der Waals surface area contributed by atoms with Gasteiger partial charge in [-0.3, -0.25) is 19.4 Å². The molecule has 6 heteroatoms. The summed E-state index contributed by atoms with van der Waals surface area (Å²) in [6.45, 7) is 7.37. The third kappa shape index (κ3) is 5.66. The molecule has 2 aliphatic heterocycles. The van der Waals surface area contributed by atoms with Crippen molar-refractivity contribution in [3.8, 4) is 0 Å². The third-order valence-corrected chi connectivity index (χ3v) is 7.43. The summed E-state index contributed by atoms with van der Waals surface area (Å²) in [5.41, 5.74) is 2.08. The van der Waals surface area contributed by atoms with Crippen LogP contribution in [0.2, 0.25) is 0 Å². The van der Waals surface area contributed by atoms with Gasteiger partial charge in [-0.25, -0.2) is 0 Å². The minimum Gasteiger partial charge on any atom is -0.338 e. The van der Waals surface area contributed by atoms with Crippen LogP contribution >= 0.6 is 0 Å². The van der Waals surface area contributed by atoms with Crippen molar-refractivity contribution < 1.29 is 9.59 Å². The molecule has 0 aromatic heterocycles. The predicted octanol–water partition coefficient (Wildman–Crippen LogP) is 2.99. The number of nitrogens with one attached hydrogen (secondary N) is 1. The van der Waals surface area contributed by atoms with Gasteiger partial charge in [0, 0.05) is 44.5 Å². The number of hydrogen-bond acceptors (Lipinski definition) is 4. The number of piperidine rings is 1. The molecule has 2 atom stereocenters. The summed E-state index contributed by atoms with van der Waals surface area (Å²) in [6, 6.07) is 8.49. The molecule has 1 aromatic carbocycles. The maximum absolute atomic E-state index is 13.1. The number of benzene rings is 1. The van der Waals surface area contributed by atoms with E-state index >= 15 is 0 Å². The van der Waals surface area contributed by atoms with E-state index in [9.17, 15) is 9.59 Å². The number of rotatable bonds is 6. The highest BCUT2D eigenvalue weighted by atomic mass is 16.2. The number of para-hydroxylation sites is 1. The number of aryl methyl sites for hydroxylation is 1. The number of nitrogens with zero attached hydrogens (tertiary/aromatic N) is 3. The average molecular weight is 427 g/mol. The number of piperazine rings is 1. The summed E-state index contributed by atoms with van der Waals surface area (Å²) < 4.78 is 0. The van der Waals surface area contributed by atoms with Crippen molar-refractivity contribution in [2.24, 2.45) is 5.92 Å². The number of carbonyl (C=O) groups is 2. The molecule has 4 rings (SSSR count). The van der Waals surface area contributed by atoms with Crippen molar-refractivity contribution in [3.63, 3.8) is 0 Å². The van der Waals surface area contributed by atoms with Gasteiger partial charge in [-0.2, -0.15) is 0 Å². The molecule has 1 N–H and O–H groups in total. The zero-order valence-corrected chi connectivity index (χ0v) is 19.0. The van der Waals surface area contributed by atoms with Gasteiger partial charge in [-0.1, -0.05) is 38.0 Å². The van der Waals surface area contributed by atoms with E-state index in [0.29, 0.717) is 25.0 Å². The van der Waals surface area contributed by atoms with E-state index < -0.39 is 0 Å². The second kappa shape index (κ2) is 10.6. The number of hydrogen-bond donors (Lipinski definition) is 1. The lowest BCUT2D eigenvalue weighted by molar-refractivity contribution is -0.139. The van der Waals surface area contributed by atoms with Crippen LogP contribution in [0.3, 0.4) is 0 Å². The lowest BCUT2D eigenvalue weighted by Crippen LogP contribution is -2.55. The number of anilines is 1. The van der Waals surface area contributed by atoms with Crippen molar-refractivity contribution in [1.29, 1.82) is 0 Å². The molecule has 0 bridgehead atoms. The Morgan fingerprint density at radius 2 is 1.58 bits per heavy atom. The van der Waals surface area contributed by atoms with Gasteiger partial charge in [0.25, 0.3) is 0 Å². The number of likely N-dealkylation sites (tertiary alicyclic amines) is 1. The topological polar surface area (TPSA) is 55.9 Å². The average Bonchev–Trinajstić information content (AvgIpc) is 2.80. The Bertz CT molecular complexity index is 758. The zero-order valence-electron chi connectivity index (χ0n) is 19.0. The second-order valence-corrected chi connectivity index (χ2v) is 9.45. The Balaban J connectivity index is 1.21. The monoisotopic (exact) mass is 426 g/mol. The molecule has 0 spiro atoms. The van der Waals surface area contributed by atoms with Crippen molar-refractivity contribution >= 4 is 17.5 Å². The van der Waals surface area contributed by atoms with Crippen LogP contribution in [0.4, 0.5) is 5.69 Å². The van der Waals surface area contributed by atoms with Crippen LogP contribution in [0, 0.1) is 5.92 Å². The van der Waals surface area contributed by atoms with Crippen molar-refractivity contribution in [2.75, 3.05) is 51.1 Å². The first-order valence-electron chi connectivity index (χ1n) is 12.3. The largest absolute Gasteiger partial charge is 0.338 e. The van der Waals surface area contributed by atoms with Gasteiger partial charge in [0.1, 0.15) is 0 Å². The first-order valence-corrected chi connectivity index (χ1v) is 12.3. The van der Waals surface area contributed by atoms with E-state index in [1.165, 1.54) is 32.1 Å². The summed E-state index contributed by atoms with van der Waals surface area (Å²) in [7, 11) is 0. The lowest BCUT2D eigenvalue weighted by atomic mass is 9.78. The van der Waals surface area contributed by atoms with Gasteiger partial charge in [-0.05, 0) is 49.7 Å². The lowest BCUT2D eigenvalue weighted by Gasteiger charge is -2.45. The molecule has 2 amide bonds. The molecule has 1 saturated carbocycles. The van der Waals surface area contributed by atoms with Crippen LogP contribution in [0.1, 0.15) is 51.0 Å². The smallest absolute Gasteiger partial charge is 0.238 e. The molecule has 2 heterocycles. The number of carbonyl (C=O) groups excluding carboxylic acids is 2. The van der Waals surface area contributed by atoms with Crippen molar-refractivity contribution in [3.05, 3.63) is 29.8 Å². The first kappa shape index (κ1) is 22.3. The van der Waals surface area contributed by atoms with Gasteiger partial charge >= 0.3 is 0 Å². The fraction of sp³-hybridized carbons (Fsp3) is 0.680. The Morgan fingerprint density at radius 3 is 2.35 bits per heavy atom. The fourth-order valence-corrected chi connectivity index (χ4v) is 5.67. The highest BCUT2D eigenvalue weighted by molar-refractivity contribution is 5.93. The second-order valence-electron chi connectivity index (χ2n) is 9.45. The van der Waals surface area contributed by atoms with Crippen molar-refractivity contribution in [1.82, 2.24) is 14.7 Å². The molecule has 1 aliphatic carbocycles. The van der Waals surface area contributed by atoms with E-state index in [4.69, 9.17) is 0 Å². The van der Waals surface area contributed by atoms with E-state index in [1.807, 2.05) is 18.2 Å². The molecule has 6 nitrogen and oxygen atoms in total. The van der Waals surface area contributed by atoms with Crippen molar-refractivity contribution in [2.45, 2.75) is 57.9 Å². The Hall–Kier alpha value is -1.92. The van der Waals surface area contributed by atoms with Gasteiger partial charge < -0.3 is 10.2 Å². The van der Waals surface area contributed by atoms with Crippen LogP contribution < -0.4 is 5.32 Å². The Kier molecular flexibility index (Phi) is 7.62. The van der Waals surface area contributed by atoms with Crippen LogP contribution in [-0.4, -0.2) is 78.4 Å². The molecule has 0 unspecified atom stereocenters. The van der Waals surface area contributed by atoms with E-state index in [-0.39, 0.29) is 5.91 Å². The summed E-state index contributed by atoms with van der Waals surface area (Å²) in [4.78, 5) is 32.2. The zero-order chi connectivity index (χ0) is 21.6. The Labute approximate surface area is 187 Å². The molecular weight excluding hydrogens is 388 g/mol. The van der Waals surface area contributed by atoms with Gasteiger partial charge in [-0.15, -0.1) is 0 Å². The maximum atomic E-state index is 13.1. The van der Waals surface area contributed by atoms with Gasteiger partial charge in [0.2, 0.25) is 11.8 Å². The van der Waals surface area contributed by atoms with Crippen LogP contribution in [0.5, 0.6) is 0 Å². The third-order valence-electron chi connectivity index (χ3n) is 7.43. The molecule has 170 valence electrons. The van der Waals surface area contributed by atoms with Crippen LogP contribution in [-0.2, 0) is 16.0 Å². The molecule has 3 fully saturated rings. The molecule has 2 saturated heterocycles. The predicted molar refractivity (Wildman–Crippen MR) is 124 cm³/mol. The minimum absolute atomic E-state index is 0.0436. The SMILES string of the molecule is CCc1ccccc1NC(=O)CN1CCN(CC(=O)N2CCC[C@H]3CCCC[C@H]32)CC1. The van der Waals surface area contributed by atoms with Gasteiger partial charge in [0.05, 0.1) is 13.1 Å².